The third-order valence-electron chi connectivity index (χ3n) is 5.54. The number of aryl methyl sites for hydroxylation is 1. The number of ether oxygens (including phenoxy) is 2. The normalized spacial score (nSPS) is 16.9. The van der Waals surface area contributed by atoms with E-state index in [0.717, 1.165) is 34.7 Å². The maximum absolute atomic E-state index is 12.6. The minimum absolute atomic E-state index is 0.103. The van der Waals surface area contributed by atoms with Crippen molar-refractivity contribution in [3.05, 3.63) is 58.4 Å². The topological polar surface area (TPSA) is 76.3 Å². The fourth-order valence-electron chi connectivity index (χ4n) is 4.10. The number of amides is 1. The van der Waals surface area contributed by atoms with Crippen LogP contribution >= 0.6 is 0 Å². The van der Waals surface area contributed by atoms with E-state index >= 15 is 0 Å². The summed E-state index contributed by atoms with van der Waals surface area (Å²) in [5, 5.41) is 12.5. The second kappa shape index (κ2) is 9.64. The largest absolute Gasteiger partial charge is 0.493 e. The van der Waals surface area contributed by atoms with Gasteiger partial charge in [0.15, 0.2) is 0 Å². The molecule has 1 aliphatic rings. The highest BCUT2D eigenvalue weighted by Crippen LogP contribution is 2.26. The van der Waals surface area contributed by atoms with E-state index in [-0.39, 0.29) is 23.4 Å². The van der Waals surface area contributed by atoms with Crippen LogP contribution < -0.4 is 10.1 Å². The van der Waals surface area contributed by atoms with Gasteiger partial charge >= 0.3 is 0 Å². The minimum Gasteiger partial charge on any atom is -0.493 e. The number of methoxy groups -OCH3 is 1. The Balaban J connectivity index is 1.68. The molecule has 0 saturated carbocycles. The molecular formula is C24H29N3O3. The SMILES string of the molecule is COCC(C)n1c(C)cc(/C=C(\C#N)C(=O)NCC2COc3ccccc3C2)c1C. The zero-order valence-electron chi connectivity index (χ0n) is 18.1. The van der Waals surface area contributed by atoms with Crippen LogP contribution in [0, 0.1) is 31.1 Å². The number of nitriles is 1. The van der Waals surface area contributed by atoms with Crippen molar-refractivity contribution in [3.63, 3.8) is 0 Å². The average molecular weight is 408 g/mol. The van der Waals surface area contributed by atoms with Gasteiger partial charge in [0.1, 0.15) is 17.4 Å². The Hall–Kier alpha value is -3.04. The van der Waals surface area contributed by atoms with Gasteiger partial charge in [-0.1, -0.05) is 18.2 Å². The van der Waals surface area contributed by atoms with E-state index in [2.05, 4.69) is 16.8 Å². The van der Waals surface area contributed by atoms with E-state index < -0.39 is 0 Å². The molecule has 1 aliphatic heterocycles. The molecule has 0 spiro atoms. The van der Waals surface area contributed by atoms with Crippen LogP contribution in [0.25, 0.3) is 6.08 Å². The van der Waals surface area contributed by atoms with Crippen molar-refractivity contribution < 1.29 is 14.3 Å². The molecule has 0 fully saturated rings. The summed E-state index contributed by atoms with van der Waals surface area (Å²) in [6.07, 6.45) is 2.51. The lowest BCUT2D eigenvalue weighted by Crippen LogP contribution is -2.35. The Morgan fingerprint density at radius 1 is 1.43 bits per heavy atom. The van der Waals surface area contributed by atoms with Crippen molar-refractivity contribution in [1.82, 2.24) is 9.88 Å². The highest BCUT2D eigenvalue weighted by molar-refractivity contribution is 6.01. The summed E-state index contributed by atoms with van der Waals surface area (Å²) in [7, 11) is 1.68. The lowest BCUT2D eigenvalue weighted by molar-refractivity contribution is -0.117. The Bertz CT molecular complexity index is 984. The first-order chi connectivity index (χ1) is 14.4. The van der Waals surface area contributed by atoms with E-state index in [0.29, 0.717) is 19.8 Å². The number of carbonyl (C=O) groups excluding carboxylic acids is 1. The predicted molar refractivity (Wildman–Crippen MR) is 116 cm³/mol. The van der Waals surface area contributed by atoms with Gasteiger partial charge in [-0.25, -0.2) is 0 Å². The number of aromatic nitrogens is 1. The predicted octanol–water partition coefficient (Wildman–Crippen LogP) is 3.59. The lowest BCUT2D eigenvalue weighted by Gasteiger charge is -2.25. The molecule has 6 nitrogen and oxygen atoms in total. The summed E-state index contributed by atoms with van der Waals surface area (Å²) in [6, 6.07) is 12.2. The molecule has 2 heterocycles. The van der Waals surface area contributed by atoms with Crippen LogP contribution in [0.1, 0.15) is 35.5 Å². The number of rotatable bonds is 7. The molecule has 0 saturated heterocycles. The number of hydrogen-bond donors (Lipinski definition) is 1. The molecule has 1 N–H and O–H groups in total. The van der Waals surface area contributed by atoms with E-state index in [1.807, 2.05) is 50.2 Å². The first kappa shape index (κ1) is 21.7. The minimum atomic E-state index is -0.355. The first-order valence-corrected chi connectivity index (χ1v) is 10.2. The van der Waals surface area contributed by atoms with Crippen LogP contribution in [0.4, 0.5) is 0 Å². The molecule has 0 aliphatic carbocycles. The summed E-state index contributed by atoms with van der Waals surface area (Å²) in [5.74, 6) is 0.741. The zero-order valence-corrected chi connectivity index (χ0v) is 18.1. The Labute approximate surface area is 178 Å². The van der Waals surface area contributed by atoms with Crippen LogP contribution in [0.5, 0.6) is 5.75 Å². The number of nitrogens with zero attached hydrogens (tertiary/aromatic N) is 2. The summed E-state index contributed by atoms with van der Waals surface area (Å²) >= 11 is 0. The van der Waals surface area contributed by atoms with Crippen molar-refractivity contribution in [3.8, 4) is 11.8 Å². The van der Waals surface area contributed by atoms with Gasteiger partial charge in [-0.05, 0) is 56.5 Å². The molecule has 2 aromatic rings. The number of hydrogen-bond acceptors (Lipinski definition) is 4. The fourth-order valence-corrected chi connectivity index (χ4v) is 4.10. The lowest BCUT2D eigenvalue weighted by atomic mass is 9.96. The second-order valence-corrected chi connectivity index (χ2v) is 7.87. The summed E-state index contributed by atoms with van der Waals surface area (Å²) in [6.45, 7) is 7.72. The van der Waals surface area contributed by atoms with Crippen LogP contribution in [-0.2, 0) is 16.0 Å². The average Bonchev–Trinajstić information content (AvgIpc) is 3.03. The quantitative estimate of drug-likeness (QED) is 0.562. The highest BCUT2D eigenvalue weighted by Gasteiger charge is 2.21. The van der Waals surface area contributed by atoms with Crippen LogP contribution in [-0.4, -0.2) is 37.3 Å². The standard InChI is InChI=1S/C24H29N3O3/c1-16-9-21(18(3)27(16)17(2)14-29-4)11-22(12-25)24(28)26-13-19-10-20-7-5-6-8-23(20)30-15-19/h5-9,11,17,19H,10,13-15H2,1-4H3,(H,26,28)/b22-11+. The zero-order chi connectivity index (χ0) is 21.7. The summed E-state index contributed by atoms with van der Waals surface area (Å²) in [4.78, 5) is 12.6. The van der Waals surface area contributed by atoms with E-state index in [1.165, 1.54) is 0 Å². The second-order valence-electron chi connectivity index (χ2n) is 7.87. The van der Waals surface area contributed by atoms with Crippen LogP contribution in [0.3, 0.4) is 0 Å². The van der Waals surface area contributed by atoms with E-state index in [9.17, 15) is 10.1 Å². The number of para-hydroxylation sites is 1. The molecule has 1 aromatic carbocycles. The molecule has 1 amide bonds. The number of fused-ring (bicyclic) bond motifs is 1. The molecule has 0 bridgehead atoms. The van der Waals surface area contributed by atoms with E-state index in [1.54, 1.807) is 13.2 Å². The van der Waals surface area contributed by atoms with Gasteiger partial charge < -0.3 is 19.4 Å². The maximum Gasteiger partial charge on any atom is 0.261 e. The molecule has 158 valence electrons. The summed E-state index contributed by atoms with van der Waals surface area (Å²) < 4.78 is 13.2. The fraction of sp³-hybridized carbons (Fsp3) is 0.417. The van der Waals surface area contributed by atoms with Crippen molar-refractivity contribution in [2.75, 3.05) is 26.9 Å². The van der Waals surface area contributed by atoms with Gasteiger partial charge in [-0.2, -0.15) is 5.26 Å². The maximum atomic E-state index is 12.6. The third-order valence-corrected chi connectivity index (χ3v) is 5.54. The molecule has 2 unspecified atom stereocenters. The molecule has 3 rings (SSSR count). The molecule has 30 heavy (non-hydrogen) atoms. The van der Waals surface area contributed by atoms with Gasteiger partial charge in [0.05, 0.1) is 19.3 Å². The Kier molecular flexibility index (Phi) is 6.96. The smallest absolute Gasteiger partial charge is 0.261 e. The first-order valence-electron chi connectivity index (χ1n) is 10.2. The number of benzene rings is 1. The van der Waals surface area contributed by atoms with E-state index in [4.69, 9.17) is 9.47 Å². The molecule has 0 radical (unpaired) electrons. The van der Waals surface area contributed by atoms with Crippen molar-refractivity contribution in [1.29, 1.82) is 5.26 Å². The van der Waals surface area contributed by atoms with Gasteiger partial charge in [-0.15, -0.1) is 0 Å². The molecule has 6 heteroatoms. The summed E-state index contributed by atoms with van der Waals surface area (Å²) in [5.41, 5.74) is 4.20. The Morgan fingerprint density at radius 3 is 2.93 bits per heavy atom. The van der Waals surface area contributed by atoms with Crippen LogP contribution in [0.15, 0.2) is 35.9 Å². The van der Waals surface area contributed by atoms with Gasteiger partial charge in [0.2, 0.25) is 0 Å². The molecule has 1 aromatic heterocycles. The van der Waals surface area contributed by atoms with Crippen molar-refractivity contribution >= 4 is 12.0 Å². The van der Waals surface area contributed by atoms with Gasteiger partial charge in [0.25, 0.3) is 5.91 Å². The highest BCUT2D eigenvalue weighted by atomic mass is 16.5. The van der Waals surface area contributed by atoms with Gasteiger partial charge in [-0.3, -0.25) is 4.79 Å². The van der Waals surface area contributed by atoms with Crippen LogP contribution in [0.2, 0.25) is 0 Å². The monoisotopic (exact) mass is 407 g/mol. The van der Waals surface area contributed by atoms with Gasteiger partial charge in [0, 0.05) is 31.0 Å². The molecule has 2 atom stereocenters. The molecular weight excluding hydrogens is 378 g/mol. The Morgan fingerprint density at radius 2 is 2.20 bits per heavy atom. The third kappa shape index (κ3) is 4.74. The number of nitrogens with one attached hydrogen (secondary N) is 1. The number of carbonyl (C=O) groups is 1. The van der Waals surface area contributed by atoms with Crippen molar-refractivity contribution in [2.24, 2.45) is 5.92 Å². The van der Waals surface area contributed by atoms with Crippen molar-refractivity contribution in [2.45, 2.75) is 33.2 Å².